The van der Waals surface area contributed by atoms with Crippen LogP contribution < -0.4 is 10.6 Å². The molecule has 0 aliphatic rings. The standard InChI is InChI=1S/C20H24N2O2S/c1-4-16-7-11-18(12-8-16)22-20(24)15(3)25-13-19(23)21-17-9-5-14(2)6-10-17/h5-12,15H,4,13H2,1-3H3,(H,21,23)(H,22,24). The molecule has 0 saturated heterocycles. The summed E-state index contributed by atoms with van der Waals surface area (Å²) in [6, 6.07) is 15.4. The van der Waals surface area contributed by atoms with E-state index in [9.17, 15) is 9.59 Å². The fourth-order valence-corrected chi connectivity index (χ4v) is 2.86. The van der Waals surface area contributed by atoms with Gasteiger partial charge in [-0.25, -0.2) is 0 Å². The lowest BCUT2D eigenvalue weighted by Gasteiger charge is -2.12. The summed E-state index contributed by atoms with van der Waals surface area (Å²) >= 11 is 1.32. The molecule has 4 nitrogen and oxygen atoms in total. The van der Waals surface area contributed by atoms with Gasteiger partial charge in [-0.3, -0.25) is 9.59 Å². The fourth-order valence-electron chi connectivity index (χ4n) is 2.18. The first kappa shape index (κ1) is 19.1. The Morgan fingerprint density at radius 3 is 2.12 bits per heavy atom. The minimum atomic E-state index is -0.311. The van der Waals surface area contributed by atoms with Gasteiger partial charge < -0.3 is 10.6 Å². The van der Waals surface area contributed by atoms with Gasteiger partial charge >= 0.3 is 0 Å². The summed E-state index contributed by atoms with van der Waals surface area (Å²) in [6.45, 7) is 5.89. The van der Waals surface area contributed by atoms with Crippen molar-refractivity contribution in [3.05, 3.63) is 59.7 Å². The molecule has 0 aliphatic heterocycles. The number of amides is 2. The third-order valence-electron chi connectivity index (χ3n) is 3.80. The van der Waals surface area contributed by atoms with Gasteiger partial charge in [0.2, 0.25) is 11.8 Å². The minimum absolute atomic E-state index is 0.0996. The van der Waals surface area contributed by atoms with E-state index in [1.165, 1.54) is 17.3 Å². The molecule has 2 aromatic rings. The number of thioether (sulfide) groups is 1. The largest absolute Gasteiger partial charge is 0.325 e. The van der Waals surface area contributed by atoms with Crippen LogP contribution in [0.25, 0.3) is 0 Å². The van der Waals surface area contributed by atoms with E-state index in [0.717, 1.165) is 23.4 Å². The topological polar surface area (TPSA) is 58.2 Å². The molecule has 0 radical (unpaired) electrons. The maximum Gasteiger partial charge on any atom is 0.237 e. The molecule has 5 heteroatoms. The van der Waals surface area contributed by atoms with Crippen molar-refractivity contribution in [3.63, 3.8) is 0 Å². The predicted molar refractivity (Wildman–Crippen MR) is 106 cm³/mol. The van der Waals surface area contributed by atoms with Gasteiger partial charge in [-0.1, -0.05) is 36.8 Å². The van der Waals surface area contributed by atoms with Crippen molar-refractivity contribution in [3.8, 4) is 0 Å². The molecular formula is C20H24N2O2S. The Morgan fingerprint density at radius 2 is 1.52 bits per heavy atom. The fraction of sp³-hybridized carbons (Fsp3) is 0.300. The number of rotatable bonds is 7. The van der Waals surface area contributed by atoms with Gasteiger partial charge in [-0.05, 0) is 50.1 Å². The molecule has 0 spiro atoms. The molecule has 0 heterocycles. The number of carbonyl (C=O) groups excluding carboxylic acids is 2. The van der Waals surface area contributed by atoms with Gasteiger partial charge in [0.1, 0.15) is 0 Å². The first-order valence-electron chi connectivity index (χ1n) is 8.36. The number of hydrogen-bond donors (Lipinski definition) is 2. The second-order valence-electron chi connectivity index (χ2n) is 5.91. The van der Waals surface area contributed by atoms with Gasteiger partial charge in [-0.15, -0.1) is 11.8 Å². The maximum absolute atomic E-state index is 12.2. The van der Waals surface area contributed by atoms with Crippen molar-refractivity contribution in [2.45, 2.75) is 32.4 Å². The average Bonchev–Trinajstić information content (AvgIpc) is 2.62. The van der Waals surface area contributed by atoms with Crippen LogP contribution in [0.5, 0.6) is 0 Å². The summed E-state index contributed by atoms with van der Waals surface area (Å²) < 4.78 is 0. The maximum atomic E-state index is 12.2. The molecule has 0 aromatic heterocycles. The first-order chi connectivity index (χ1) is 12.0. The van der Waals surface area contributed by atoms with Crippen molar-refractivity contribution in [1.82, 2.24) is 0 Å². The molecule has 0 saturated carbocycles. The molecular weight excluding hydrogens is 332 g/mol. The van der Waals surface area contributed by atoms with Gasteiger partial charge in [-0.2, -0.15) is 0 Å². The zero-order valence-corrected chi connectivity index (χ0v) is 15.7. The smallest absolute Gasteiger partial charge is 0.237 e. The number of hydrogen-bond acceptors (Lipinski definition) is 3. The minimum Gasteiger partial charge on any atom is -0.325 e. The van der Waals surface area contributed by atoms with Crippen LogP contribution in [0.4, 0.5) is 11.4 Å². The zero-order valence-electron chi connectivity index (χ0n) is 14.8. The van der Waals surface area contributed by atoms with Crippen molar-refractivity contribution in [2.75, 3.05) is 16.4 Å². The number of aryl methyl sites for hydroxylation is 2. The van der Waals surface area contributed by atoms with E-state index in [1.54, 1.807) is 6.92 Å². The highest BCUT2D eigenvalue weighted by molar-refractivity contribution is 8.01. The summed E-state index contributed by atoms with van der Waals surface area (Å²) in [5.41, 5.74) is 3.92. The summed E-state index contributed by atoms with van der Waals surface area (Å²) in [5.74, 6) is 0.0234. The Labute approximate surface area is 153 Å². The highest BCUT2D eigenvalue weighted by atomic mass is 32.2. The number of carbonyl (C=O) groups is 2. The summed E-state index contributed by atoms with van der Waals surface area (Å²) in [6.07, 6.45) is 0.969. The Morgan fingerprint density at radius 1 is 0.960 bits per heavy atom. The molecule has 0 bridgehead atoms. The van der Waals surface area contributed by atoms with E-state index >= 15 is 0 Å². The first-order valence-corrected chi connectivity index (χ1v) is 9.40. The van der Waals surface area contributed by atoms with E-state index in [4.69, 9.17) is 0 Å². The SMILES string of the molecule is CCc1ccc(NC(=O)C(C)SCC(=O)Nc2ccc(C)cc2)cc1. The van der Waals surface area contributed by atoms with Crippen LogP contribution in [0.1, 0.15) is 25.0 Å². The van der Waals surface area contributed by atoms with Gasteiger partial charge in [0.15, 0.2) is 0 Å². The lowest BCUT2D eigenvalue weighted by molar-refractivity contribution is -0.115. The Hall–Kier alpha value is -2.27. The predicted octanol–water partition coefficient (Wildman–Crippen LogP) is 4.26. The average molecular weight is 356 g/mol. The molecule has 2 amide bonds. The van der Waals surface area contributed by atoms with Crippen LogP contribution in [0.3, 0.4) is 0 Å². The van der Waals surface area contributed by atoms with Crippen molar-refractivity contribution < 1.29 is 9.59 Å². The van der Waals surface area contributed by atoms with Crippen molar-refractivity contribution >= 4 is 35.0 Å². The summed E-state index contributed by atoms with van der Waals surface area (Å²) in [5, 5.41) is 5.40. The van der Waals surface area contributed by atoms with Crippen LogP contribution in [-0.2, 0) is 16.0 Å². The van der Waals surface area contributed by atoms with E-state index < -0.39 is 0 Å². The van der Waals surface area contributed by atoms with E-state index in [-0.39, 0.29) is 22.8 Å². The normalized spacial score (nSPS) is 11.6. The highest BCUT2D eigenvalue weighted by Crippen LogP contribution is 2.16. The second-order valence-corrected chi connectivity index (χ2v) is 7.24. The van der Waals surface area contributed by atoms with Crippen LogP contribution in [0, 0.1) is 6.92 Å². The highest BCUT2D eigenvalue weighted by Gasteiger charge is 2.15. The molecule has 2 rings (SSSR count). The molecule has 0 fully saturated rings. The van der Waals surface area contributed by atoms with Crippen LogP contribution in [0.15, 0.2) is 48.5 Å². The lowest BCUT2D eigenvalue weighted by atomic mass is 10.1. The number of nitrogens with one attached hydrogen (secondary N) is 2. The molecule has 132 valence electrons. The summed E-state index contributed by atoms with van der Waals surface area (Å²) in [4.78, 5) is 24.2. The van der Waals surface area contributed by atoms with Gasteiger partial charge in [0, 0.05) is 11.4 Å². The molecule has 1 atom stereocenters. The monoisotopic (exact) mass is 356 g/mol. The van der Waals surface area contributed by atoms with Crippen LogP contribution in [-0.4, -0.2) is 22.8 Å². The van der Waals surface area contributed by atoms with E-state index in [1.807, 2.05) is 55.5 Å². The number of anilines is 2. The molecule has 1 unspecified atom stereocenters. The summed E-state index contributed by atoms with van der Waals surface area (Å²) in [7, 11) is 0. The Kier molecular flexibility index (Phi) is 7.07. The Bertz CT molecular complexity index is 711. The Balaban J connectivity index is 1.77. The second kappa shape index (κ2) is 9.28. The molecule has 2 aromatic carbocycles. The van der Waals surface area contributed by atoms with Crippen LogP contribution in [0.2, 0.25) is 0 Å². The van der Waals surface area contributed by atoms with Crippen LogP contribution >= 0.6 is 11.8 Å². The third-order valence-corrected chi connectivity index (χ3v) is 4.94. The van der Waals surface area contributed by atoms with Gasteiger partial charge in [0.25, 0.3) is 0 Å². The van der Waals surface area contributed by atoms with Crippen molar-refractivity contribution in [1.29, 1.82) is 0 Å². The molecule has 2 N–H and O–H groups in total. The lowest BCUT2D eigenvalue weighted by Crippen LogP contribution is -2.25. The van der Waals surface area contributed by atoms with Gasteiger partial charge in [0.05, 0.1) is 11.0 Å². The number of benzene rings is 2. The van der Waals surface area contributed by atoms with Crippen molar-refractivity contribution in [2.24, 2.45) is 0 Å². The van der Waals surface area contributed by atoms with E-state index in [0.29, 0.717) is 0 Å². The van der Waals surface area contributed by atoms with E-state index in [2.05, 4.69) is 17.6 Å². The molecule has 25 heavy (non-hydrogen) atoms. The quantitative estimate of drug-likeness (QED) is 0.779. The third kappa shape index (κ3) is 6.27. The zero-order chi connectivity index (χ0) is 18.2. The molecule has 0 aliphatic carbocycles.